The van der Waals surface area contributed by atoms with Gasteiger partial charge in [0, 0.05) is 17.3 Å². The molecule has 0 atom stereocenters. The average Bonchev–Trinajstić information content (AvgIpc) is 2.89. The van der Waals surface area contributed by atoms with Gasteiger partial charge < -0.3 is 10.1 Å². The fraction of sp³-hybridized carbons (Fsp3) is 0.143. The number of ether oxygens (including phenoxy) is 1. The van der Waals surface area contributed by atoms with Crippen LogP contribution in [0.15, 0.2) is 66.9 Å². The van der Waals surface area contributed by atoms with E-state index >= 15 is 0 Å². The van der Waals surface area contributed by atoms with Gasteiger partial charge in [-0.15, -0.1) is 6.58 Å². The first kappa shape index (κ1) is 18.7. The predicted molar refractivity (Wildman–Crippen MR) is 107 cm³/mol. The lowest BCUT2D eigenvalue weighted by molar-refractivity contribution is -0.136. The molecule has 1 N–H and O–H groups in total. The first-order valence-electron chi connectivity index (χ1n) is 8.52. The van der Waals surface area contributed by atoms with Crippen LogP contribution in [0.3, 0.4) is 0 Å². The van der Waals surface area contributed by atoms with E-state index in [-0.39, 0.29) is 18.1 Å². The minimum atomic E-state index is -0.390. The average molecular weight is 383 g/mol. The number of carbonyl (C=O) groups is 2. The fourth-order valence-electron chi connectivity index (χ4n) is 2.82. The lowest BCUT2D eigenvalue weighted by Crippen LogP contribution is -2.32. The number of benzene rings is 2. The van der Waals surface area contributed by atoms with Crippen LogP contribution in [0.5, 0.6) is 5.75 Å². The summed E-state index contributed by atoms with van der Waals surface area (Å²) in [6.07, 6.45) is 1.52. The van der Waals surface area contributed by atoms with Crippen molar-refractivity contribution < 1.29 is 14.3 Å². The number of anilines is 1. The van der Waals surface area contributed by atoms with Crippen LogP contribution in [-0.2, 0) is 9.59 Å². The second kappa shape index (κ2) is 8.10. The van der Waals surface area contributed by atoms with Crippen LogP contribution in [0, 0.1) is 0 Å². The van der Waals surface area contributed by atoms with Crippen LogP contribution >= 0.6 is 11.6 Å². The van der Waals surface area contributed by atoms with Crippen LogP contribution in [0.2, 0.25) is 5.02 Å². The van der Waals surface area contributed by atoms with Crippen molar-refractivity contribution in [1.82, 2.24) is 4.90 Å². The maximum absolute atomic E-state index is 12.8. The topological polar surface area (TPSA) is 58.6 Å². The molecule has 138 valence electrons. The zero-order valence-electron chi connectivity index (χ0n) is 14.9. The number of nitrogens with zero attached hydrogens (tertiary/aromatic N) is 1. The molecule has 6 heteroatoms. The molecule has 27 heavy (non-hydrogen) atoms. The summed E-state index contributed by atoms with van der Waals surface area (Å²) < 4.78 is 5.43. The fourth-order valence-corrected chi connectivity index (χ4v) is 2.94. The zero-order chi connectivity index (χ0) is 19.4. The molecule has 0 aromatic heterocycles. The molecule has 0 saturated carbocycles. The molecule has 3 rings (SSSR count). The molecule has 0 unspecified atom stereocenters. The summed E-state index contributed by atoms with van der Waals surface area (Å²) >= 11 is 5.95. The number of amides is 2. The summed E-state index contributed by atoms with van der Waals surface area (Å²) in [4.78, 5) is 26.8. The van der Waals surface area contributed by atoms with Crippen molar-refractivity contribution in [2.75, 3.05) is 18.5 Å². The molecule has 0 radical (unpaired) electrons. The van der Waals surface area contributed by atoms with Crippen molar-refractivity contribution >= 4 is 34.7 Å². The normalized spacial score (nSPS) is 13.9. The number of nitrogens with one attached hydrogen (secondary N) is 1. The molecule has 5 nitrogen and oxygen atoms in total. The number of rotatable bonds is 7. The van der Waals surface area contributed by atoms with E-state index in [2.05, 4.69) is 11.9 Å². The van der Waals surface area contributed by atoms with Crippen molar-refractivity contribution in [3.8, 4) is 5.75 Å². The monoisotopic (exact) mass is 382 g/mol. The molecule has 0 bridgehead atoms. The summed E-state index contributed by atoms with van der Waals surface area (Å²) in [5.41, 5.74) is 1.85. The second-order valence-electron chi connectivity index (χ2n) is 5.85. The van der Waals surface area contributed by atoms with Crippen LogP contribution in [-0.4, -0.2) is 29.9 Å². The molecule has 0 spiro atoms. The smallest absolute Gasteiger partial charge is 0.278 e. The lowest BCUT2D eigenvalue weighted by atomic mass is 10.0. The third-order valence-corrected chi connectivity index (χ3v) is 4.30. The number of imide groups is 1. The van der Waals surface area contributed by atoms with Gasteiger partial charge in [0.2, 0.25) is 0 Å². The highest BCUT2D eigenvalue weighted by Gasteiger charge is 2.38. The summed E-state index contributed by atoms with van der Waals surface area (Å²) in [7, 11) is 0. The zero-order valence-corrected chi connectivity index (χ0v) is 15.6. The van der Waals surface area contributed by atoms with E-state index in [1.165, 1.54) is 6.08 Å². The van der Waals surface area contributed by atoms with E-state index in [1.54, 1.807) is 48.5 Å². The number of hydrogen-bond donors (Lipinski definition) is 1. The van der Waals surface area contributed by atoms with Crippen molar-refractivity contribution in [2.24, 2.45) is 0 Å². The second-order valence-corrected chi connectivity index (χ2v) is 6.29. The highest BCUT2D eigenvalue weighted by atomic mass is 35.5. The SMILES string of the molecule is C=CCN1C(=O)C(Nc2ccc(OCC)cc2)=C(c2ccc(Cl)cc2)C1=O. The Bertz CT molecular complexity index is 902. The first-order chi connectivity index (χ1) is 13.0. The van der Waals surface area contributed by atoms with Gasteiger partial charge in [-0.25, -0.2) is 0 Å². The molecule has 1 aliphatic rings. The van der Waals surface area contributed by atoms with Gasteiger partial charge in [0.1, 0.15) is 11.4 Å². The standard InChI is InChI=1S/C21H19ClN2O3/c1-3-13-24-20(25)18(14-5-7-15(22)8-6-14)19(21(24)26)23-16-9-11-17(12-10-16)27-4-2/h3,5-12,23H,1,4,13H2,2H3. The maximum atomic E-state index is 12.8. The summed E-state index contributed by atoms with van der Waals surface area (Å²) in [6.45, 7) is 6.24. The first-order valence-corrected chi connectivity index (χ1v) is 8.90. The maximum Gasteiger partial charge on any atom is 0.278 e. The molecule has 1 aliphatic heterocycles. The summed E-state index contributed by atoms with van der Waals surface area (Å²) in [6, 6.07) is 14.0. The molecular weight excluding hydrogens is 364 g/mol. The summed E-state index contributed by atoms with van der Waals surface area (Å²) in [5.74, 6) is -0.0218. The molecule has 1 heterocycles. The minimum Gasteiger partial charge on any atom is -0.494 e. The van der Waals surface area contributed by atoms with Crippen molar-refractivity contribution in [3.63, 3.8) is 0 Å². The molecule has 0 aliphatic carbocycles. The molecule has 2 aromatic carbocycles. The largest absolute Gasteiger partial charge is 0.494 e. The van der Waals surface area contributed by atoms with Crippen LogP contribution < -0.4 is 10.1 Å². The highest BCUT2D eigenvalue weighted by Crippen LogP contribution is 2.31. The van der Waals surface area contributed by atoms with Gasteiger partial charge in [0.15, 0.2) is 0 Å². The van der Waals surface area contributed by atoms with Gasteiger partial charge in [-0.1, -0.05) is 29.8 Å². The molecular formula is C21H19ClN2O3. The van der Waals surface area contributed by atoms with Gasteiger partial charge in [0.25, 0.3) is 11.8 Å². The Hall–Kier alpha value is -3.05. The minimum absolute atomic E-state index is 0.142. The Kier molecular flexibility index (Phi) is 5.62. The highest BCUT2D eigenvalue weighted by molar-refractivity contribution is 6.37. The Morgan fingerprint density at radius 2 is 1.74 bits per heavy atom. The van der Waals surface area contributed by atoms with Crippen molar-refractivity contribution in [3.05, 3.63) is 77.5 Å². The Balaban J connectivity index is 1.99. The van der Waals surface area contributed by atoms with Crippen molar-refractivity contribution in [2.45, 2.75) is 6.92 Å². The van der Waals surface area contributed by atoms with E-state index in [9.17, 15) is 9.59 Å². The van der Waals surface area contributed by atoms with Gasteiger partial charge in [-0.05, 0) is 48.9 Å². The quantitative estimate of drug-likeness (QED) is 0.578. The Labute approximate surface area is 162 Å². The molecule has 2 amide bonds. The van der Waals surface area contributed by atoms with Crippen LogP contribution in [0.1, 0.15) is 12.5 Å². The van der Waals surface area contributed by atoms with Crippen LogP contribution in [0.4, 0.5) is 5.69 Å². The Morgan fingerprint density at radius 1 is 1.07 bits per heavy atom. The third-order valence-electron chi connectivity index (χ3n) is 4.05. The van der Waals surface area contributed by atoms with Gasteiger partial charge in [0.05, 0.1) is 12.2 Å². The van der Waals surface area contributed by atoms with Gasteiger partial charge in [-0.3, -0.25) is 14.5 Å². The van der Waals surface area contributed by atoms with E-state index in [4.69, 9.17) is 16.3 Å². The van der Waals surface area contributed by atoms with E-state index in [0.29, 0.717) is 28.5 Å². The number of carbonyl (C=O) groups excluding carboxylic acids is 2. The Morgan fingerprint density at radius 3 is 2.33 bits per heavy atom. The summed E-state index contributed by atoms with van der Waals surface area (Å²) in [5, 5.41) is 3.64. The third kappa shape index (κ3) is 3.88. The van der Waals surface area contributed by atoms with Gasteiger partial charge in [-0.2, -0.15) is 0 Å². The number of halogens is 1. The lowest BCUT2D eigenvalue weighted by Gasteiger charge is -2.12. The molecule has 0 saturated heterocycles. The van der Waals surface area contributed by atoms with Gasteiger partial charge >= 0.3 is 0 Å². The number of hydrogen-bond acceptors (Lipinski definition) is 4. The van der Waals surface area contributed by atoms with E-state index in [1.807, 2.05) is 6.92 Å². The van der Waals surface area contributed by atoms with Crippen LogP contribution in [0.25, 0.3) is 5.57 Å². The van der Waals surface area contributed by atoms with E-state index in [0.717, 1.165) is 10.6 Å². The molecule has 0 fully saturated rings. The van der Waals surface area contributed by atoms with E-state index < -0.39 is 5.91 Å². The van der Waals surface area contributed by atoms with Crippen molar-refractivity contribution in [1.29, 1.82) is 0 Å². The predicted octanol–water partition coefficient (Wildman–Crippen LogP) is 4.12. The molecule has 2 aromatic rings.